The van der Waals surface area contributed by atoms with Crippen molar-refractivity contribution in [3.8, 4) is 0 Å². The maximum Gasteiger partial charge on any atom is 0.273 e. The minimum atomic E-state index is -0.108. The third-order valence-electron chi connectivity index (χ3n) is 5.40. The summed E-state index contributed by atoms with van der Waals surface area (Å²) >= 11 is 0. The first-order chi connectivity index (χ1) is 12.2. The van der Waals surface area contributed by atoms with E-state index in [1.165, 1.54) is 5.56 Å². The second-order valence-electron chi connectivity index (χ2n) is 7.41. The van der Waals surface area contributed by atoms with Crippen molar-refractivity contribution in [2.75, 3.05) is 13.6 Å². The van der Waals surface area contributed by atoms with Crippen molar-refractivity contribution in [2.45, 2.75) is 50.1 Å². The van der Waals surface area contributed by atoms with Gasteiger partial charge in [0, 0.05) is 30.6 Å². The number of likely N-dealkylation sites (N-methyl/N-ethyl adjacent to an activating group) is 1. The molecule has 0 spiro atoms. The molecule has 0 bridgehead atoms. The van der Waals surface area contributed by atoms with Crippen LogP contribution in [-0.4, -0.2) is 41.6 Å². The van der Waals surface area contributed by atoms with Crippen LogP contribution in [0, 0.1) is 0 Å². The van der Waals surface area contributed by atoms with Crippen LogP contribution in [0.5, 0.6) is 0 Å². The van der Waals surface area contributed by atoms with E-state index in [1.807, 2.05) is 12.1 Å². The van der Waals surface area contributed by atoms with E-state index in [2.05, 4.69) is 46.7 Å². The quantitative estimate of drug-likeness (QED) is 0.910. The number of hydrogen-bond donors (Lipinski definition) is 1. The van der Waals surface area contributed by atoms with Gasteiger partial charge in [-0.1, -0.05) is 35.5 Å². The topological polar surface area (TPSA) is 58.4 Å². The zero-order valence-electron chi connectivity index (χ0n) is 14.6. The molecule has 5 nitrogen and oxygen atoms in total. The third kappa shape index (κ3) is 3.93. The number of nitrogens with zero attached hydrogens (tertiary/aromatic N) is 2. The number of rotatable bonds is 5. The molecule has 2 aromatic rings. The molecule has 0 unspecified atom stereocenters. The van der Waals surface area contributed by atoms with Crippen LogP contribution >= 0.6 is 0 Å². The fraction of sp³-hybridized carbons (Fsp3) is 0.500. The van der Waals surface area contributed by atoms with Gasteiger partial charge in [-0.05, 0) is 44.7 Å². The van der Waals surface area contributed by atoms with Gasteiger partial charge in [0.15, 0.2) is 5.69 Å². The Hall–Kier alpha value is -2.14. The van der Waals surface area contributed by atoms with Crippen molar-refractivity contribution >= 4 is 5.91 Å². The highest BCUT2D eigenvalue weighted by Crippen LogP contribution is 2.40. The highest BCUT2D eigenvalue weighted by Gasteiger charge is 2.30. The van der Waals surface area contributed by atoms with Crippen molar-refractivity contribution < 1.29 is 9.32 Å². The van der Waals surface area contributed by atoms with Crippen LogP contribution in [0.1, 0.15) is 53.4 Å². The largest absolute Gasteiger partial charge is 0.360 e. The molecule has 2 atom stereocenters. The summed E-state index contributed by atoms with van der Waals surface area (Å²) in [6.45, 7) is 0.995. The van der Waals surface area contributed by atoms with Crippen molar-refractivity contribution in [3.05, 3.63) is 53.4 Å². The molecule has 2 fully saturated rings. The number of hydrogen-bond acceptors (Lipinski definition) is 4. The lowest BCUT2D eigenvalue weighted by molar-refractivity contribution is 0.0880. The van der Waals surface area contributed by atoms with Crippen LogP contribution in [0.4, 0.5) is 0 Å². The summed E-state index contributed by atoms with van der Waals surface area (Å²) in [5.74, 6) is 1.23. The van der Waals surface area contributed by atoms with Gasteiger partial charge in [-0.3, -0.25) is 4.79 Å². The summed E-state index contributed by atoms with van der Waals surface area (Å²) in [4.78, 5) is 14.9. The summed E-state index contributed by atoms with van der Waals surface area (Å²) in [7, 11) is 2.17. The Kier molecular flexibility index (Phi) is 4.57. The lowest BCUT2D eigenvalue weighted by Crippen LogP contribution is -2.49. The molecule has 1 aliphatic heterocycles. The molecule has 1 amide bonds. The van der Waals surface area contributed by atoms with E-state index < -0.39 is 0 Å². The second kappa shape index (κ2) is 7.00. The summed E-state index contributed by atoms with van der Waals surface area (Å²) in [5.41, 5.74) is 1.76. The van der Waals surface area contributed by atoms with Gasteiger partial charge in [0.2, 0.25) is 0 Å². The van der Waals surface area contributed by atoms with E-state index in [1.54, 1.807) is 0 Å². The normalized spacial score (nSPS) is 24.2. The minimum Gasteiger partial charge on any atom is -0.360 e. The lowest BCUT2D eigenvalue weighted by atomic mass is 9.92. The minimum absolute atomic E-state index is 0.108. The molecule has 1 aromatic heterocycles. The van der Waals surface area contributed by atoms with Crippen LogP contribution in [0.2, 0.25) is 0 Å². The zero-order chi connectivity index (χ0) is 17.2. The number of nitrogens with one attached hydrogen (secondary N) is 1. The first-order valence-electron chi connectivity index (χ1n) is 9.20. The third-order valence-corrected chi connectivity index (χ3v) is 5.40. The Bertz CT molecular complexity index is 724. The van der Waals surface area contributed by atoms with E-state index in [0.29, 0.717) is 17.7 Å². The molecule has 1 saturated carbocycles. The predicted molar refractivity (Wildman–Crippen MR) is 95.5 cm³/mol. The van der Waals surface area contributed by atoms with Crippen molar-refractivity contribution in [1.82, 2.24) is 15.4 Å². The van der Waals surface area contributed by atoms with E-state index in [4.69, 9.17) is 4.52 Å². The molecule has 132 valence electrons. The van der Waals surface area contributed by atoms with E-state index >= 15 is 0 Å². The van der Waals surface area contributed by atoms with Gasteiger partial charge in [0.25, 0.3) is 5.91 Å². The highest BCUT2D eigenvalue weighted by atomic mass is 16.5. The second-order valence-corrected chi connectivity index (χ2v) is 7.41. The van der Waals surface area contributed by atoms with Gasteiger partial charge in [-0.2, -0.15) is 0 Å². The standard InChI is InChI=1S/C20H25N3O2/c1-23-10-9-16(12-17(23)11-14-5-3-2-4-6-14)21-20(24)18-13-19(25-22-18)15-7-8-15/h2-6,13,15-17H,7-12H2,1H3,(H,21,24)/t16-,17-/m1/s1. The highest BCUT2D eigenvalue weighted by molar-refractivity contribution is 5.92. The van der Waals surface area contributed by atoms with Crippen LogP contribution in [0.15, 0.2) is 40.9 Å². The van der Waals surface area contributed by atoms with E-state index in [-0.39, 0.29) is 11.9 Å². The Morgan fingerprint density at radius 2 is 2.08 bits per heavy atom. The van der Waals surface area contributed by atoms with E-state index in [0.717, 1.165) is 44.4 Å². The van der Waals surface area contributed by atoms with Crippen molar-refractivity contribution in [3.63, 3.8) is 0 Å². The maximum atomic E-state index is 12.5. The van der Waals surface area contributed by atoms with Crippen molar-refractivity contribution in [2.24, 2.45) is 0 Å². The fourth-order valence-electron chi connectivity index (χ4n) is 3.64. The zero-order valence-corrected chi connectivity index (χ0v) is 14.6. The Balaban J connectivity index is 1.36. The molecule has 25 heavy (non-hydrogen) atoms. The number of carbonyl (C=O) groups is 1. The van der Waals surface area contributed by atoms with Gasteiger partial charge in [-0.25, -0.2) is 0 Å². The van der Waals surface area contributed by atoms with Gasteiger partial charge >= 0.3 is 0 Å². The molecular formula is C20H25N3O2. The average Bonchev–Trinajstić information content (AvgIpc) is 3.35. The first-order valence-corrected chi connectivity index (χ1v) is 9.20. The molecule has 1 aromatic carbocycles. The Morgan fingerprint density at radius 3 is 2.84 bits per heavy atom. The van der Waals surface area contributed by atoms with Crippen molar-refractivity contribution in [1.29, 1.82) is 0 Å². The SMILES string of the molecule is CN1CC[C@@H](NC(=O)c2cc(C3CC3)on2)C[C@H]1Cc1ccccc1. The molecule has 4 rings (SSSR count). The monoisotopic (exact) mass is 339 g/mol. The number of piperidine rings is 1. The maximum absolute atomic E-state index is 12.5. The number of amides is 1. The smallest absolute Gasteiger partial charge is 0.273 e. The molecule has 2 heterocycles. The number of benzene rings is 1. The van der Waals surface area contributed by atoms with Crippen LogP contribution in [-0.2, 0) is 6.42 Å². The number of likely N-dealkylation sites (tertiary alicyclic amines) is 1. The summed E-state index contributed by atoms with van der Waals surface area (Å²) < 4.78 is 5.30. The predicted octanol–water partition coefficient (Wildman–Crippen LogP) is 2.99. The summed E-state index contributed by atoms with van der Waals surface area (Å²) in [5, 5.41) is 7.10. The first kappa shape index (κ1) is 16.3. The molecule has 0 radical (unpaired) electrons. The molecule has 1 N–H and O–H groups in total. The number of aromatic nitrogens is 1. The van der Waals surface area contributed by atoms with Gasteiger partial charge < -0.3 is 14.7 Å². The molecule has 2 aliphatic rings. The Labute approximate surface area is 148 Å². The number of carbonyl (C=O) groups excluding carboxylic acids is 1. The summed E-state index contributed by atoms with van der Waals surface area (Å²) in [6, 6.07) is 13.0. The van der Waals surface area contributed by atoms with Gasteiger partial charge in [0.1, 0.15) is 5.76 Å². The van der Waals surface area contributed by atoms with Crippen LogP contribution in [0.25, 0.3) is 0 Å². The average molecular weight is 339 g/mol. The summed E-state index contributed by atoms with van der Waals surface area (Å²) in [6.07, 6.45) is 5.24. The molecule has 5 heteroatoms. The van der Waals surface area contributed by atoms with Crippen LogP contribution in [0.3, 0.4) is 0 Å². The fourth-order valence-corrected chi connectivity index (χ4v) is 3.64. The Morgan fingerprint density at radius 1 is 1.28 bits per heavy atom. The molecule has 1 saturated heterocycles. The van der Waals surface area contributed by atoms with Crippen LogP contribution < -0.4 is 5.32 Å². The molecule has 1 aliphatic carbocycles. The lowest BCUT2D eigenvalue weighted by Gasteiger charge is -2.37. The molecular weight excluding hydrogens is 314 g/mol. The van der Waals surface area contributed by atoms with E-state index in [9.17, 15) is 4.79 Å². The van der Waals surface area contributed by atoms with Gasteiger partial charge in [-0.15, -0.1) is 0 Å². The van der Waals surface area contributed by atoms with Gasteiger partial charge in [0.05, 0.1) is 0 Å².